The number of aromatic nitrogens is 3. The van der Waals surface area contributed by atoms with E-state index in [9.17, 15) is 14.7 Å². The summed E-state index contributed by atoms with van der Waals surface area (Å²) in [4.78, 5) is 49.4. The number of hydrogen-bond acceptors (Lipinski definition) is 7. The highest BCUT2D eigenvalue weighted by molar-refractivity contribution is 6.03. The Morgan fingerprint density at radius 1 is 1.06 bits per heavy atom. The maximum absolute atomic E-state index is 15.0. The molecule has 3 amide bonds. The molecule has 47 heavy (non-hydrogen) atoms. The van der Waals surface area contributed by atoms with Crippen molar-refractivity contribution in [3.8, 4) is 0 Å². The molecule has 2 bridgehead atoms. The Hall–Kier alpha value is -4.35. The number of hydrogen-bond donors (Lipinski definition) is 1. The molecule has 0 radical (unpaired) electrons. The van der Waals surface area contributed by atoms with E-state index in [1.807, 2.05) is 75.4 Å². The Bertz CT molecular complexity index is 1670. The van der Waals surface area contributed by atoms with Gasteiger partial charge in [-0.2, -0.15) is 0 Å². The summed E-state index contributed by atoms with van der Waals surface area (Å²) in [6.45, 7) is 13.8. The van der Waals surface area contributed by atoms with E-state index in [1.165, 1.54) is 0 Å². The first-order valence-electron chi connectivity index (χ1n) is 16.5. The van der Waals surface area contributed by atoms with Crippen LogP contribution < -0.4 is 4.90 Å². The fourth-order valence-electron chi connectivity index (χ4n) is 8.25. The third kappa shape index (κ3) is 5.07. The number of amides is 3. The predicted molar refractivity (Wildman–Crippen MR) is 178 cm³/mol. The molecule has 3 saturated heterocycles. The van der Waals surface area contributed by atoms with Gasteiger partial charge in [0.2, 0.25) is 17.7 Å². The lowest BCUT2D eigenvalue weighted by Crippen LogP contribution is -2.59. The van der Waals surface area contributed by atoms with Crippen LogP contribution in [0.4, 0.5) is 5.69 Å². The summed E-state index contributed by atoms with van der Waals surface area (Å²) in [6.07, 6.45) is 4.77. The van der Waals surface area contributed by atoms with Crippen molar-refractivity contribution in [2.75, 3.05) is 24.6 Å². The number of aliphatic hydroxyl groups excluding tert-OH is 1. The maximum atomic E-state index is 15.0. The second-order valence-electron chi connectivity index (χ2n) is 13.2. The summed E-state index contributed by atoms with van der Waals surface area (Å²) in [7, 11) is 0. The van der Waals surface area contributed by atoms with Crippen molar-refractivity contribution in [3.05, 3.63) is 79.9 Å². The van der Waals surface area contributed by atoms with Gasteiger partial charge in [-0.05, 0) is 49.4 Å². The molecule has 4 heterocycles. The fraction of sp³-hybridized carbons (Fsp3) is 0.472. The number of ether oxygens (including phenoxy) is 1. The number of para-hydroxylation sites is 2. The highest BCUT2D eigenvalue weighted by atomic mass is 16.5. The van der Waals surface area contributed by atoms with Crippen LogP contribution in [0.5, 0.6) is 0 Å². The monoisotopic (exact) mass is 640 g/mol. The van der Waals surface area contributed by atoms with E-state index in [0.717, 1.165) is 5.52 Å². The highest BCUT2D eigenvalue weighted by Gasteiger charge is 2.79. The number of benzene rings is 2. The topological polar surface area (TPSA) is 121 Å². The lowest BCUT2D eigenvalue weighted by molar-refractivity contribution is -0.158. The van der Waals surface area contributed by atoms with Gasteiger partial charge in [0.05, 0.1) is 35.6 Å². The largest absolute Gasteiger partial charge is 0.394 e. The second kappa shape index (κ2) is 12.7. The van der Waals surface area contributed by atoms with E-state index >= 15 is 4.79 Å². The van der Waals surface area contributed by atoms with Gasteiger partial charge in [-0.3, -0.25) is 14.4 Å². The minimum Gasteiger partial charge on any atom is -0.394 e. The van der Waals surface area contributed by atoms with Crippen molar-refractivity contribution in [2.24, 2.45) is 17.8 Å². The Morgan fingerprint density at radius 3 is 2.43 bits per heavy atom. The van der Waals surface area contributed by atoms with Crippen molar-refractivity contribution in [3.63, 3.8) is 0 Å². The molecule has 3 fully saturated rings. The molecule has 6 rings (SSSR count). The van der Waals surface area contributed by atoms with E-state index in [1.54, 1.807) is 31.5 Å². The van der Waals surface area contributed by atoms with Crippen LogP contribution in [0.3, 0.4) is 0 Å². The SMILES string of the molecule is C=CCN(Cn1nnc2ccccc21)C(=O)C1N([C@@H](CO)C(C)C)C(=O)[C@@H]2[C@H](C(=O)N(CC=C)c3ccccc3)[C@]3(CC)CCC12O3. The second-order valence-corrected chi connectivity index (χ2v) is 13.2. The lowest BCUT2D eigenvalue weighted by atomic mass is 9.64. The van der Waals surface area contributed by atoms with Gasteiger partial charge in [-0.1, -0.05) is 68.5 Å². The van der Waals surface area contributed by atoms with Crippen LogP contribution in [0, 0.1) is 17.8 Å². The highest BCUT2D eigenvalue weighted by Crippen LogP contribution is 2.65. The van der Waals surface area contributed by atoms with E-state index in [-0.39, 0.29) is 50.0 Å². The summed E-state index contributed by atoms with van der Waals surface area (Å²) in [6, 6.07) is 15.1. The van der Waals surface area contributed by atoms with Crippen molar-refractivity contribution in [1.29, 1.82) is 0 Å². The zero-order chi connectivity index (χ0) is 33.5. The number of fused-ring (bicyclic) bond motifs is 2. The number of aliphatic hydroxyl groups is 1. The van der Waals surface area contributed by atoms with Crippen LogP contribution >= 0.6 is 0 Å². The molecule has 1 spiro atoms. The minimum atomic E-state index is -1.26. The van der Waals surface area contributed by atoms with Crippen LogP contribution in [0.1, 0.15) is 40.0 Å². The molecule has 1 N–H and O–H groups in total. The Kier molecular flexibility index (Phi) is 8.80. The van der Waals surface area contributed by atoms with Gasteiger partial charge in [-0.25, -0.2) is 4.68 Å². The van der Waals surface area contributed by atoms with Crippen LogP contribution in [0.2, 0.25) is 0 Å². The van der Waals surface area contributed by atoms with E-state index in [4.69, 9.17) is 4.74 Å². The third-order valence-electron chi connectivity index (χ3n) is 10.5. The standard InChI is InChI=1S/C36H44N6O5/c1-6-20-39(23-41-27-17-13-12-16-26(27)37-38-41)34(46)31-36-19-18-35(8-3,47-36)29(30(36)33(45)42(31)28(22-43)24(4)5)32(44)40(21-7-2)25-14-10-9-11-15-25/h6-7,9-17,24,28-31,43H,1-2,8,18-23H2,3-5H3/t28-,29+,30-,31?,35-,36?/m0/s1. The van der Waals surface area contributed by atoms with Crippen molar-refractivity contribution >= 4 is 34.4 Å². The van der Waals surface area contributed by atoms with E-state index in [2.05, 4.69) is 23.5 Å². The Labute approximate surface area is 275 Å². The Morgan fingerprint density at radius 2 is 1.77 bits per heavy atom. The quantitative estimate of drug-likeness (QED) is 0.282. The third-order valence-corrected chi connectivity index (χ3v) is 10.5. The molecule has 3 aromatic rings. The van der Waals surface area contributed by atoms with Crippen molar-refractivity contribution in [1.82, 2.24) is 24.8 Å². The van der Waals surface area contributed by atoms with Crippen LogP contribution in [0.15, 0.2) is 79.9 Å². The zero-order valence-electron chi connectivity index (χ0n) is 27.4. The van der Waals surface area contributed by atoms with Crippen LogP contribution in [-0.2, 0) is 25.8 Å². The van der Waals surface area contributed by atoms with Gasteiger partial charge < -0.3 is 24.5 Å². The number of anilines is 1. The molecule has 2 unspecified atom stereocenters. The molecule has 248 valence electrons. The zero-order valence-corrected chi connectivity index (χ0v) is 27.4. The predicted octanol–water partition coefficient (Wildman–Crippen LogP) is 3.79. The molecule has 3 aliphatic rings. The lowest BCUT2D eigenvalue weighted by Gasteiger charge is -2.40. The molecule has 3 aliphatic heterocycles. The number of rotatable bonds is 13. The fourth-order valence-corrected chi connectivity index (χ4v) is 8.25. The van der Waals surface area contributed by atoms with Gasteiger partial charge in [0.25, 0.3) is 0 Å². The summed E-state index contributed by atoms with van der Waals surface area (Å²) < 4.78 is 8.69. The van der Waals surface area contributed by atoms with Crippen molar-refractivity contribution < 1.29 is 24.2 Å². The average molecular weight is 641 g/mol. The summed E-state index contributed by atoms with van der Waals surface area (Å²) in [5.74, 6) is -2.80. The van der Waals surface area contributed by atoms with E-state index < -0.39 is 35.1 Å². The molecule has 0 saturated carbocycles. The average Bonchev–Trinajstić information content (AvgIpc) is 3.81. The molecule has 2 aromatic carbocycles. The molecule has 0 aliphatic carbocycles. The molecular weight excluding hydrogens is 596 g/mol. The first-order chi connectivity index (χ1) is 22.7. The number of carbonyl (C=O) groups excluding carboxylic acids is 3. The van der Waals surface area contributed by atoms with Gasteiger partial charge in [0.15, 0.2) is 0 Å². The van der Waals surface area contributed by atoms with Gasteiger partial charge >= 0.3 is 0 Å². The molecule has 1 aromatic heterocycles. The van der Waals surface area contributed by atoms with Crippen LogP contribution in [-0.4, -0.2) is 90.6 Å². The molecule has 6 atom stereocenters. The maximum Gasteiger partial charge on any atom is 0.250 e. The molecular formula is C36H44N6O5. The first-order valence-corrected chi connectivity index (χ1v) is 16.5. The number of nitrogens with zero attached hydrogens (tertiary/aromatic N) is 6. The number of carbonyl (C=O) groups is 3. The van der Waals surface area contributed by atoms with Gasteiger partial charge in [0.1, 0.15) is 23.8 Å². The Balaban J connectivity index is 1.46. The smallest absolute Gasteiger partial charge is 0.250 e. The summed E-state index contributed by atoms with van der Waals surface area (Å²) >= 11 is 0. The van der Waals surface area contributed by atoms with Crippen molar-refractivity contribution in [2.45, 2.75) is 70.0 Å². The molecule has 11 nitrogen and oxygen atoms in total. The minimum absolute atomic E-state index is 0.0680. The number of likely N-dealkylation sites (tertiary alicyclic amines) is 1. The normalized spacial score (nSPS) is 26.9. The first kappa shape index (κ1) is 32.6. The van der Waals surface area contributed by atoms with Gasteiger partial charge in [0, 0.05) is 18.8 Å². The van der Waals surface area contributed by atoms with E-state index in [0.29, 0.717) is 30.5 Å². The van der Waals surface area contributed by atoms with Crippen LogP contribution in [0.25, 0.3) is 11.0 Å². The summed E-state index contributed by atoms with van der Waals surface area (Å²) in [5.41, 5.74) is -0.0250. The summed E-state index contributed by atoms with van der Waals surface area (Å²) in [5, 5.41) is 19.2. The van der Waals surface area contributed by atoms with Gasteiger partial charge in [-0.15, -0.1) is 18.3 Å². The molecule has 11 heteroatoms.